The van der Waals surface area contributed by atoms with Crippen molar-refractivity contribution in [3.63, 3.8) is 0 Å². The number of aryl methyl sites for hydroxylation is 1. The predicted molar refractivity (Wildman–Crippen MR) is 110 cm³/mol. The fraction of sp³-hybridized carbons (Fsp3) is 0.211. The lowest BCUT2D eigenvalue weighted by atomic mass is 10.2. The van der Waals surface area contributed by atoms with Crippen LogP contribution in [0.2, 0.25) is 0 Å². The normalized spacial score (nSPS) is 11.1. The third-order valence-electron chi connectivity index (χ3n) is 3.87. The van der Waals surface area contributed by atoms with E-state index >= 15 is 0 Å². The second kappa shape index (κ2) is 9.20. The number of ether oxygens (including phenoxy) is 1. The smallest absolute Gasteiger partial charge is 0.315 e. The average Bonchev–Trinajstić information content (AvgIpc) is 3.07. The van der Waals surface area contributed by atoms with Crippen LogP contribution in [-0.2, 0) is 5.75 Å². The van der Waals surface area contributed by atoms with Crippen LogP contribution in [0.1, 0.15) is 23.9 Å². The van der Waals surface area contributed by atoms with E-state index in [1.807, 2.05) is 30.3 Å². The topological polar surface area (TPSA) is 116 Å². The summed E-state index contributed by atoms with van der Waals surface area (Å²) in [5.41, 5.74) is 1.10. The zero-order valence-corrected chi connectivity index (χ0v) is 16.7. The second-order valence-corrected chi connectivity index (χ2v) is 6.88. The largest absolute Gasteiger partial charge is 0.500 e. The number of nitro benzene ring substituents is 1. The van der Waals surface area contributed by atoms with Gasteiger partial charge in [-0.2, -0.15) is 9.78 Å². The Morgan fingerprint density at radius 2 is 2.07 bits per heavy atom. The summed E-state index contributed by atoms with van der Waals surface area (Å²) in [5, 5.41) is 34.4. The summed E-state index contributed by atoms with van der Waals surface area (Å²) in [6, 6.07) is 12.7. The molecule has 3 aromatic rings. The van der Waals surface area contributed by atoms with Crippen LogP contribution < -0.4 is 4.74 Å². The molecule has 0 atom stereocenters. The summed E-state index contributed by atoms with van der Waals surface area (Å²) < 4.78 is 6.85. The number of nitrogens with zero attached hydrogens (tertiary/aromatic N) is 5. The quantitative estimate of drug-likeness (QED) is 0.259. The SMILES string of the molecule is CCOc1cc(/C=N/n2c(C)nnc2SCc2ccccc2)cc([N+](=O)[O-])c1O. The van der Waals surface area contributed by atoms with Crippen molar-refractivity contribution < 1.29 is 14.8 Å². The number of rotatable bonds is 8. The first-order chi connectivity index (χ1) is 14.0. The van der Waals surface area contributed by atoms with Gasteiger partial charge in [0.05, 0.1) is 17.7 Å². The minimum absolute atomic E-state index is 0.0299. The Hall–Kier alpha value is -3.40. The number of phenols is 1. The van der Waals surface area contributed by atoms with E-state index in [2.05, 4.69) is 15.3 Å². The Morgan fingerprint density at radius 1 is 1.31 bits per heavy atom. The molecule has 0 aliphatic carbocycles. The Morgan fingerprint density at radius 3 is 2.76 bits per heavy atom. The monoisotopic (exact) mass is 413 g/mol. The van der Waals surface area contributed by atoms with Gasteiger partial charge in [-0.25, -0.2) is 0 Å². The highest BCUT2D eigenvalue weighted by Crippen LogP contribution is 2.36. The molecule has 0 amide bonds. The summed E-state index contributed by atoms with van der Waals surface area (Å²) in [7, 11) is 0. The van der Waals surface area contributed by atoms with Gasteiger partial charge in [-0.3, -0.25) is 10.1 Å². The molecule has 0 bridgehead atoms. The third kappa shape index (κ3) is 4.91. The number of hydrogen-bond donors (Lipinski definition) is 1. The van der Waals surface area contributed by atoms with Gasteiger partial charge in [0.25, 0.3) is 0 Å². The van der Waals surface area contributed by atoms with Crippen molar-refractivity contribution in [1.29, 1.82) is 0 Å². The van der Waals surface area contributed by atoms with E-state index in [0.29, 0.717) is 22.3 Å². The van der Waals surface area contributed by atoms with Crippen molar-refractivity contribution in [1.82, 2.24) is 14.9 Å². The van der Waals surface area contributed by atoms with Crippen LogP contribution in [-0.4, -0.2) is 37.7 Å². The number of thioether (sulfide) groups is 1. The van der Waals surface area contributed by atoms with Gasteiger partial charge in [0.15, 0.2) is 11.6 Å². The summed E-state index contributed by atoms with van der Waals surface area (Å²) in [6.07, 6.45) is 1.44. The van der Waals surface area contributed by atoms with Gasteiger partial charge in [0, 0.05) is 17.4 Å². The highest BCUT2D eigenvalue weighted by Gasteiger charge is 2.20. The van der Waals surface area contributed by atoms with Gasteiger partial charge in [-0.15, -0.1) is 10.2 Å². The average molecular weight is 413 g/mol. The van der Waals surface area contributed by atoms with Crippen LogP contribution in [0.3, 0.4) is 0 Å². The summed E-state index contributed by atoms with van der Waals surface area (Å²) in [5.74, 6) is 0.805. The number of nitro groups is 1. The van der Waals surface area contributed by atoms with Gasteiger partial charge in [0.1, 0.15) is 0 Å². The number of phenolic OH excluding ortho intramolecular Hbond substituents is 1. The highest BCUT2D eigenvalue weighted by atomic mass is 32.2. The van der Waals surface area contributed by atoms with Gasteiger partial charge in [0.2, 0.25) is 10.9 Å². The molecule has 0 aliphatic heterocycles. The fourth-order valence-corrected chi connectivity index (χ4v) is 3.39. The minimum Gasteiger partial charge on any atom is -0.500 e. The molecule has 0 spiro atoms. The lowest BCUT2D eigenvalue weighted by Crippen LogP contribution is -1.99. The molecule has 29 heavy (non-hydrogen) atoms. The van der Waals surface area contributed by atoms with E-state index in [9.17, 15) is 15.2 Å². The molecule has 2 aromatic carbocycles. The summed E-state index contributed by atoms with van der Waals surface area (Å²) >= 11 is 1.48. The maximum atomic E-state index is 11.2. The van der Waals surface area contributed by atoms with E-state index in [0.717, 1.165) is 5.56 Å². The van der Waals surface area contributed by atoms with Crippen LogP contribution in [0, 0.1) is 17.0 Å². The molecule has 10 heteroatoms. The van der Waals surface area contributed by atoms with Crippen molar-refractivity contribution in [2.75, 3.05) is 6.61 Å². The molecule has 0 saturated carbocycles. The van der Waals surface area contributed by atoms with Crippen molar-refractivity contribution in [2.24, 2.45) is 5.10 Å². The number of aromatic nitrogens is 3. The zero-order valence-electron chi connectivity index (χ0n) is 15.8. The molecule has 3 rings (SSSR count). The van der Waals surface area contributed by atoms with E-state index in [-0.39, 0.29) is 12.4 Å². The minimum atomic E-state index is -0.666. The number of aromatic hydroxyl groups is 1. The molecule has 150 valence electrons. The van der Waals surface area contributed by atoms with Crippen LogP contribution >= 0.6 is 11.8 Å². The van der Waals surface area contributed by atoms with Crippen molar-refractivity contribution in [3.8, 4) is 11.5 Å². The van der Waals surface area contributed by atoms with Gasteiger partial charge < -0.3 is 9.84 Å². The molecule has 0 unspecified atom stereocenters. The molecule has 0 saturated heterocycles. The van der Waals surface area contributed by atoms with Gasteiger partial charge in [-0.1, -0.05) is 42.1 Å². The van der Waals surface area contributed by atoms with Gasteiger partial charge >= 0.3 is 5.69 Å². The highest BCUT2D eigenvalue weighted by molar-refractivity contribution is 7.98. The molecule has 1 aromatic heterocycles. The molecule has 9 nitrogen and oxygen atoms in total. The van der Waals surface area contributed by atoms with Crippen LogP contribution in [0.5, 0.6) is 11.5 Å². The van der Waals surface area contributed by atoms with Crippen molar-refractivity contribution >= 4 is 23.7 Å². The molecule has 1 N–H and O–H groups in total. The van der Waals surface area contributed by atoms with E-state index in [1.54, 1.807) is 18.5 Å². The molecule has 0 radical (unpaired) electrons. The van der Waals surface area contributed by atoms with Crippen LogP contribution in [0.4, 0.5) is 5.69 Å². The zero-order chi connectivity index (χ0) is 20.8. The molecule has 0 aliphatic rings. The predicted octanol–water partition coefficient (Wildman–Crippen LogP) is 3.77. The Labute approximate surface area is 171 Å². The van der Waals surface area contributed by atoms with Crippen molar-refractivity contribution in [2.45, 2.75) is 24.8 Å². The fourth-order valence-electron chi connectivity index (χ4n) is 2.50. The lowest BCUT2D eigenvalue weighted by molar-refractivity contribution is -0.386. The number of hydrogen-bond acceptors (Lipinski definition) is 8. The van der Waals surface area contributed by atoms with Crippen molar-refractivity contribution in [3.05, 3.63) is 69.5 Å². The van der Waals surface area contributed by atoms with Crippen LogP contribution in [0.15, 0.2) is 52.7 Å². The number of benzene rings is 2. The van der Waals surface area contributed by atoms with Crippen LogP contribution in [0.25, 0.3) is 0 Å². The Balaban J connectivity index is 1.86. The standard InChI is InChI=1S/C19H19N5O4S/c1-3-28-17-10-15(9-16(18(17)25)24(26)27)11-20-23-13(2)21-22-19(23)29-12-14-7-5-4-6-8-14/h4-11,25H,3,12H2,1-2H3/b20-11+. The second-order valence-electron chi connectivity index (χ2n) is 5.94. The molecular weight excluding hydrogens is 394 g/mol. The third-order valence-corrected chi connectivity index (χ3v) is 4.87. The maximum absolute atomic E-state index is 11.2. The summed E-state index contributed by atoms with van der Waals surface area (Å²) in [6.45, 7) is 3.75. The van der Waals surface area contributed by atoms with E-state index < -0.39 is 16.4 Å². The Kier molecular flexibility index (Phi) is 6.45. The first kappa shape index (κ1) is 20.3. The lowest BCUT2D eigenvalue weighted by Gasteiger charge is -2.07. The summed E-state index contributed by atoms with van der Waals surface area (Å²) in [4.78, 5) is 10.5. The van der Waals surface area contributed by atoms with E-state index in [4.69, 9.17) is 4.74 Å². The van der Waals surface area contributed by atoms with E-state index in [1.165, 1.54) is 30.1 Å². The molecule has 0 fully saturated rings. The first-order valence-corrected chi connectivity index (χ1v) is 9.75. The molecular formula is C19H19N5O4S. The Bertz CT molecular complexity index is 1040. The maximum Gasteiger partial charge on any atom is 0.315 e. The molecule has 1 heterocycles. The first-order valence-electron chi connectivity index (χ1n) is 8.77. The van der Waals surface area contributed by atoms with Gasteiger partial charge in [-0.05, 0) is 25.5 Å².